The summed E-state index contributed by atoms with van der Waals surface area (Å²) in [6, 6.07) is 11.2. The van der Waals surface area contributed by atoms with E-state index in [1.54, 1.807) is 6.07 Å². The van der Waals surface area contributed by atoms with Crippen molar-refractivity contribution in [3.8, 4) is 16.9 Å². The number of hydrogen-bond donors (Lipinski definition) is 1. The number of carbonyl (C=O) groups is 1. The first-order valence-electron chi connectivity index (χ1n) is 12.6. The first-order valence-corrected chi connectivity index (χ1v) is 12.6. The Hall–Kier alpha value is -2.60. The smallest absolute Gasteiger partial charge is 0.407 e. The largest absolute Gasteiger partial charge is 0.491 e. The summed E-state index contributed by atoms with van der Waals surface area (Å²) in [6.07, 6.45) is 3.58. The number of nitrogens with zero attached hydrogens (tertiary/aromatic N) is 1. The van der Waals surface area contributed by atoms with Crippen molar-refractivity contribution >= 4 is 6.09 Å². The SMILES string of the molecule is CCCOc1ccc(-c2ccc3c(c2)CC(C)(C)C3NC(=O)O[C@@H]2CN3CCC2CC3)cc1F. The van der Waals surface area contributed by atoms with Crippen LogP contribution in [0, 0.1) is 17.2 Å². The van der Waals surface area contributed by atoms with E-state index in [-0.39, 0.29) is 29.5 Å². The molecule has 2 aromatic carbocycles. The van der Waals surface area contributed by atoms with Gasteiger partial charge in [-0.05, 0) is 84.5 Å². The van der Waals surface area contributed by atoms with E-state index in [1.807, 2.05) is 19.1 Å². The molecule has 3 fully saturated rings. The van der Waals surface area contributed by atoms with Crippen molar-refractivity contribution in [2.45, 2.75) is 58.6 Å². The second kappa shape index (κ2) is 9.21. The first kappa shape index (κ1) is 23.2. The van der Waals surface area contributed by atoms with Gasteiger partial charge in [0.15, 0.2) is 11.6 Å². The molecular weight excluding hydrogens is 431 g/mol. The van der Waals surface area contributed by atoms with E-state index < -0.39 is 0 Å². The summed E-state index contributed by atoms with van der Waals surface area (Å²) in [5, 5.41) is 3.17. The lowest BCUT2D eigenvalue weighted by Crippen LogP contribution is -2.53. The van der Waals surface area contributed by atoms with Gasteiger partial charge in [-0.3, -0.25) is 4.90 Å². The monoisotopic (exact) mass is 466 g/mol. The lowest BCUT2D eigenvalue weighted by atomic mass is 9.85. The summed E-state index contributed by atoms with van der Waals surface area (Å²) in [5.41, 5.74) is 3.94. The van der Waals surface area contributed by atoms with Crippen LogP contribution < -0.4 is 10.1 Å². The summed E-state index contributed by atoms with van der Waals surface area (Å²) < 4.78 is 25.9. The van der Waals surface area contributed by atoms with Crippen LogP contribution >= 0.6 is 0 Å². The molecule has 6 rings (SSSR count). The fourth-order valence-corrected chi connectivity index (χ4v) is 5.85. The Morgan fingerprint density at radius 2 is 1.88 bits per heavy atom. The Labute approximate surface area is 201 Å². The maximum atomic E-state index is 14.5. The molecule has 0 radical (unpaired) electrons. The van der Waals surface area contributed by atoms with Crippen LogP contribution in [0.5, 0.6) is 5.75 Å². The molecule has 5 nitrogen and oxygen atoms in total. The quantitative estimate of drug-likeness (QED) is 0.591. The van der Waals surface area contributed by atoms with Crippen LogP contribution in [0.2, 0.25) is 0 Å². The summed E-state index contributed by atoms with van der Waals surface area (Å²) in [5.74, 6) is 0.432. The molecule has 6 heteroatoms. The highest BCUT2D eigenvalue weighted by atomic mass is 19.1. The molecule has 4 aliphatic rings. The molecule has 3 saturated heterocycles. The van der Waals surface area contributed by atoms with Crippen molar-refractivity contribution in [2.75, 3.05) is 26.2 Å². The number of amides is 1. The number of halogens is 1. The van der Waals surface area contributed by atoms with Crippen molar-refractivity contribution in [1.82, 2.24) is 10.2 Å². The third-order valence-electron chi connectivity index (χ3n) is 7.73. The number of hydrogen-bond acceptors (Lipinski definition) is 4. The standard InChI is InChI=1S/C28H35FN2O3/c1-4-13-33-24-8-6-20(15-23(24)29)19-5-7-22-21(14-19)16-28(2,3)26(22)30-27(32)34-25-17-31-11-9-18(25)10-12-31/h5-8,14-15,18,25-26H,4,9-13,16-17H2,1-3H3,(H,30,32)/t25-,26?/m1/s1. The minimum Gasteiger partial charge on any atom is -0.491 e. The van der Waals surface area contributed by atoms with E-state index in [4.69, 9.17) is 9.47 Å². The third-order valence-corrected chi connectivity index (χ3v) is 7.73. The predicted molar refractivity (Wildman–Crippen MR) is 130 cm³/mol. The number of carbonyl (C=O) groups excluding carboxylic acids is 1. The highest BCUT2D eigenvalue weighted by molar-refractivity contribution is 5.70. The van der Waals surface area contributed by atoms with Gasteiger partial charge in [0.25, 0.3) is 0 Å². The molecule has 2 atom stereocenters. The average Bonchev–Trinajstić information content (AvgIpc) is 3.07. The van der Waals surface area contributed by atoms with Crippen molar-refractivity contribution in [2.24, 2.45) is 11.3 Å². The van der Waals surface area contributed by atoms with Gasteiger partial charge in [0, 0.05) is 6.54 Å². The Kier molecular flexibility index (Phi) is 6.28. The highest BCUT2D eigenvalue weighted by Gasteiger charge is 2.42. The van der Waals surface area contributed by atoms with Crippen LogP contribution in [0.3, 0.4) is 0 Å². The van der Waals surface area contributed by atoms with Gasteiger partial charge in [-0.2, -0.15) is 0 Å². The zero-order valence-electron chi connectivity index (χ0n) is 20.4. The molecule has 2 aromatic rings. The van der Waals surface area contributed by atoms with E-state index in [2.05, 4.69) is 36.2 Å². The lowest BCUT2D eigenvalue weighted by Gasteiger charge is -2.44. The van der Waals surface area contributed by atoms with E-state index in [0.29, 0.717) is 18.3 Å². The second-order valence-electron chi connectivity index (χ2n) is 10.7. The van der Waals surface area contributed by atoms with Crippen LogP contribution in [0.4, 0.5) is 9.18 Å². The summed E-state index contributed by atoms with van der Waals surface area (Å²) in [4.78, 5) is 15.3. The molecular formula is C28H35FN2O3. The molecule has 0 spiro atoms. The average molecular weight is 467 g/mol. The first-order chi connectivity index (χ1) is 16.3. The molecule has 182 valence electrons. The van der Waals surface area contributed by atoms with Gasteiger partial charge in [-0.15, -0.1) is 0 Å². The van der Waals surface area contributed by atoms with Gasteiger partial charge >= 0.3 is 6.09 Å². The van der Waals surface area contributed by atoms with Crippen molar-refractivity contribution in [1.29, 1.82) is 0 Å². The second-order valence-corrected chi connectivity index (χ2v) is 10.7. The molecule has 0 aromatic heterocycles. The number of nitrogens with one attached hydrogen (secondary N) is 1. The topological polar surface area (TPSA) is 50.8 Å². The molecule has 3 heterocycles. The van der Waals surface area contributed by atoms with Crippen LogP contribution in [-0.4, -0.2) is 43.3 Å². The Morgan fingerprint density at radius 1 is 1.15 bits per heavy atom. The number of fused-ring (bicyclic) bond motifs is 4. The van der Waals surface area contributed by atoms with Crippen molar-refractivity contribution < 1.29 is 18.7 Å². The zero-order chi connectivity index (χ0) is 23.9. The van der Waals surface area contributed by atoms with Crippen LogP contribution in [0.15, 0.2) is 36.4 Å². The fourth-order valence-electron chi connectivity index (χ4n) is 5.85. The van der Waals surface area contributed by atoms with Gasteiger partial charge in [-0.25, -0.2) is 9.18 Å². The molecule has 2 bridgehead atoms. The molecule has 3 aliphatic heterocycles. The fraction of sp³-hybridized carbons (Fsp3) is 0.536. The number of ether oxygens (including phenoxy) is 2. The minimum absolute atomic E-state index is 0.00645. The number of piperidine rings is 3. The molecule has 1 amide bonds. The van der Waals surface area contributed by atoms with Crippen LogP contribution in [-0.2, 0) is 11.2 Å². The molecule has 0 saturated carbocycles. The lowest BCUT2D eigenvalue weighted by molar-refractivity contribution is -0.0348. The third kappa shape index (κ3) is 4.52. The summed E-state index contributed by atoms with van der Waals surface area (Å²) in [7, 11) is 0. The predicted octanol–water partition coefficient (Wildman–Crippen LogP) is 5.73. The molecule has 1 aliphatic carbocycles. The summed E-state index contributed by atoms with van der Waals surface area (Å²) in [6.45, 7) is 9.94. The van der Waals surface area contributed by atoms with Gasteiger partial charge in [0.05, 0.1) is 12.6 Å². The molecule has 34 heavy (non-hydrogen) atoms. The van der Waals surface area contributed by atoms with E-state index in [9.17, 15) is 9.18 Å². The Morgan fingerprint density at radius 3 is 2.56 bits per heavy atom. The highest BCUT2D eigenvalue weighted by Crippen LogP contribution is 2.46. The van der Waals surface area contributed by atoms with E-state index >= 15 is 0 Å². The number of alkyl carbamates (subject to hydrolysis) is 1. The maximum absolute atomic E-state index is 14.5. The summed E-state index contributed by atoms with van der Waals surface area (Å²) >= 11 is 0. The van der Waals surface area contributed by atoms with E-state index in [1.165, 1.54) is 11.6 Å². The maximum Gasteiger partial charge on any atom is 0.407 e. The normalized spacial score (nSPS) is 26.7. The van der Waals surface area contributed by atoms with E-state index in [0.717, 1.165) is 62.0 Å². The van der Waals surface area contributed by atoms with Crippen LogP contribution in [0.25, 0.3) is 11.1 Å². The minimum atomic E-state index is -0.346. The van der Waals surface area contributed by atoms with Crippen LogP contribution in [0.1, 0.15) is 57.2 Å². The Balaban J connectivity index is 1.30. The number of rotatable bonds is 6. The molecule has 1 N–H and O–H groups in total. The van der Waals surface area contributed by atoms with Crippen molar-refractivity contribution in [3.05, 3.63) is 53.3 Å². The Bertz CT molecular complexity index is 1060. The zero-order valence-corrected chi connectivity index (χ0v) is 20.4. The van der Waals surface area contributed by atoms with Crippen molar-refractivity contribution in [3.63, 3.8) is 0 Å². The molecule has 1 unspecified atom stereocenters. The number of benzene rings is 2. The van der Waals surface area contributed by atoms with Gasteiger partial charge < -0.3 is 14.8 Å². The van der Waals surface area contributed by atoms with Gasteiger partial charge in [0.2, 0.25) is 0 Å². The van der Waals surface area contributed by atoms with Gasteiger partial charge in [0.1, 0.15) is 6.10 Å². The van der Waals surface area contributed by atoms with Gasteiger partial charge in [-0.1, -0.05) is 45.0 Å².